The average Bonchev–Trinajstić information content (AvgIpc) is 2.50. The van der Waals surface area contributed by atoms with Crippen LogP contribution in [0.25, 0.3) is 10.9 Å². The van der Waals surface area contributed by atoms with Crippen molar-refractivity contribution in [3.8, 4) is 0 Å². The lowest BCUT2D eigenvalue weighted by molar-refractivity contribution is -0.143. The predicted molar refractivity (Wildman–Crippen MR) is 59.6 cm³/mol. The highest BCUT2D eigenvalue weighted by Gasteiger charge is 2.37. The van der Waals surface area contributed by atoms with Crippen molar-refractivity contribution < 1.29 is 23.1 Å². The molecule has 0 aliphatic rings. The first-order valence-corrected chi connectivity index (χ1v) is 5.13. The van der Waals surface area contributed by atoms with Crippen molar-refractivity contribution in [2.24, 2.45) is 7.05 Å². The Bertz CT molecular complexity index is 641. The van der Waals surface area contributed by atoms with Crippen LogP contribution < -0.4 is 0 Å². The van der Waals surface area contributed by atoms with E-state index in [4.69, 9.17) is 5.11 Å². The molecule has 96 valence electrons. The zero-order chi connectivity index (χ0) is 13.7. The number of hydrogen-bond donors (Lipinski definition) is 1. The van der Waals surface area contributed by atoms with E-state index in [1.165, 1.54) is 32.2 Å². The van der Waals surface area contributed by atoms with Gasteiger partial charge in [0.05, 0.1) is 5.56 Å². The molecule has 1 N–H and O–H groups in total. The number of carboxylic acid groups (broad SMARTS) is 1. The fourth-order valence-electron chi connectivity index (χ4n) is 2.16. The topological polar surface area (TPSA) is 42.2 Å². The number of hydrogen-bond acceptors (Lipinski definition) is 1. The van der Waals surface area contributed by atoms with Crippen molar-refractivity contribution in [3.05, 3.63) is 35.0 Å². The number of benzene rings is 1. The van der Waals surface area contributed by atoms with E-state index in [9.17, 15) is 18.0 Å². The van der Waals surface area contributed by atoms with Crippen LogP contribution in [0.1, 0.15) is 21.6 Å². The molecular formula is C12H10F3NO2. The largest absolute Gasteiger partial charge is 0.478 e. The summed E-state index contributed by atoms with van der Waals surface area (Å²) in [6.07, 6.45) is -4.46. The van der Waals surface area contributed by atoms with Gasteiger partial charge in [0, 0.05) is 18.0 Å². The minimum atomic E-state index is -4.46. The molecule has 0 unspecified atom stereocenters. The molecule has 0 saturated carbocycles. The SMILES string of the molecule is Cc1c(C(F)(F)F)n(C)c2ccc(C(=O)O)cc12. The molecule has 0 aliphatic carbocycles. The van der Waals surface area contributed by atoms with Crippen LogP contribution in [-0.2, 0) is 13.2 Å². The standard InChI is InChI=1S/C12H10F3NO2/c1-6-8-5-7(11(17)18)3-4-9(8)16(2)10(6)12(13,14)15/h3-5H,1-2H3,(H,17,18). The molecule has 2 aromatic rings. The van der Waals surface area contributed by atoms with E-state index < -0.39 is 17.8 Å². The molecule has 0 bridgehead atoms. The first-order chi connectivity index (χ1) is 8.23. The minimum absolute atomic E-state index is 0.0232. The molecule has 3 nitrogen and oxygen atoms in total. The number of halogens is 3. The van der Waals surface area contributed by atoms with Gasteiger partial charge in [-0.15, -0.1) is 0 Å². The van der Waals surface area contributed by atoms with Gasteiger partial charge in [-0.25, -0.2) is 4.79 Å². The van der Waals surface area contributed by atoms with Crippen molar-refractivity contribution in [1.29, 1.82) is 0 Å². The lowest BCUT2D eigenvalue weighted by Gasteiger charge is -2.09. The van der Waals surface area contributed by atoms with E-state index in [1.54, 1.807) is 0 Å². The third kappa shape index (κ3) is 1.73. The fraction of sp³-hybridized carbons (Fsp3) is 0.250. The van der Waals surface area contributed by atoms with Crippen LogP contribution in [0.15, 0.2) is 18.2 Å². The van der Waals surface area contributed by atoms with Crippen LogP contribution in [0.2, 0.25) is 0 Å². The van der Waals surface area contributed by atoms with Gasteiger partial charge in [-0.1, -0.05) is 0 Å². The first kappa shape index (κ1) is 12.5. The highest BCUT2D eigenvalue weighted by Crippen LogP contribution is 2.37. The van der Waals surface area contributed by atoms with Gasteiger partial charge in [-0.3, -0.25) is 0 Å². The Kier molecular flexibility index (Phi) is 2.61. The molecule has 6 heteroatoms. The smallest absolute Gasteiger partial charge is 0.431 e. The Labute approximate surface area is 100 Å². The summed E-state index contributed by atoms with van der Waals surface area (Å²) in [6.45, 7) is 1.34. The number of carbonyl (C=O) groups is 1. The lowest BCUT2D eigenvalue weighted by Crippen LogP contribution is -2.12. The maximum absolute atomic E-state index is 12.9. The predicted octanol–water partition coefficient (Wildman–Crippen LogP) is 3.20. The first-order valence-electron chi connectivity index (χ1n) is 5.13. The highest BCUT2D eigenvalue weighted by molar-refractivity contribution is 5.95. The second kappa shape index (κ2) is 3.76. The number of aromatic nitrogens is 1. The maximum atomic E-state index is 12.9. The summed E-state index contributed by atoms with van der Waals surface area (Å²) in [6, 6.07) is 3.95. The summed E-state index contributed by atoms with van der Waals surface area (Å²) in [5, 5.41) is 9.15. The average molecular weight is 257 g/mol. The summed E-state index contributed by atoms with van der Waals surface area (Å²) in [7, 11) is 1.32. The van der Waals surface area contributed by atoms with Crippen LogP contribution in [0.4, 0.5) is 13.2 Å². The van der Waals surface area contributed by atoms with E-state index in [2.05, 4.69) is 0 Å². The minimum Gasteiger partial charge on any atom is -0.478 e. The van der Waals surface area contributed by atoms with Gasteiger partial charge in [0.2, 0.25) is 0 Å². The quantitative estimate of drug-likeness (QED) is 0.852. The molecule has 0 saturated heterocycles. The monoisotopic (exact) mass is 257 g/mol. The second-order valence-electron chi connectivity index (χ2n) is 4.07. The summed E-state index contributed by atoms with van der Waals surface area (Å²) < 4.78 is 39.6. The van der Waals surface area contributed by atoms with E-state index >= 15 is 0 Å². The summed E-state index contributed by atoms with van der Waals surface area (Å²) in [5.41, 5.74) is -0.363. The number of rotatable bonds is 1. The molecule has 1 aromatic carbocycles. The van der Waals surface area contributed by atoms with Gasteiger partial charge in [0.1, 0.15) is 5.69 Å². The van der Waals surface area contributed by atoms with Gasteiger partial charge in [-0.05, 0) is 30.7 Å². The molecule has 0 amide bonds. The molecule has 1 aromatic heterocycles. The Morgan fingerprint density at radius 2 is 1.94 bits per heavy atom. The van der Waals surface area contributed by atoms with Crippen LogP contribution in [0, 0.1) is 6.92 Å². The molecule has 2 rings (SSSR count). The molecular weight excluding hydrogens is 247 g/mol. The number of nitrogens with zero attached hydrogens (tertiary/aromatic N) is 1. The Balaban J connectivity index is 2.82. The zero-order valence-corrected chi connectivity index (χ0v) is 9.67. The third-order valence-electron chi connectivity index (χ3n) is 2.97. The molecule has 0 atom stereocenters. The van der Waals surface area contributed by atoms with Gasteiger partial charge in [-0.2, -0.15) is 13.2 Å². The summed E-state index contributed by atoms with van der Waals surface area (Å²) in [4.78, 5) is 10.8. The molecule has 18 heavy (non-hydrogen) atoms. The van der Waals surface area contributed by atoms with E-state index in [-0.39, 0.29) is 11.1 Å². The van der Waals surface area contributed by atoms with Crippen molar-refractivity contribution in [2.75, 3.05) is 0 Å². The van der Waals surface area contributed by atoms with Gasteiger partial charge in [0.15, 0.2) is 0 Å². The number of aromatic carboxylic acids is 1. The lowest BCUT2D eigenvalue weighted by atomic mass is 10.1. The normalized spacial score (nSPS) is 12.1. The molecule has 0 fully saturated rings. The maximum Gasteiger partial charge on any atom is 0.431 e. The number of fused-ring (bicyclic) bond motifs is 1. The van der Waals surface area contributed by atoms with Gasteiger partial charge >= 0.3 is 12.1 Å². The third-order valence-corrected chi connectivity index (χ3v) is 2.97. The number of aryl methyl sites for hydroxylation is 2. The van der Waals surface area contributed by atoms with E-state index in [1.807, 2.05) is 0 Å². The van der Waals surface area contributed by atoms with Crippen molar-refractivity contribution in [1.82, 2.24) is 4.57 Å². The van der Waals surface area contributed by atoms with Gasteiger partial charge < -0.3 is 9.67 Å². The van der Waals surface area contributed by atoms with Gasteiger partial charge in [0.25, 0.3) is 0 Å². The second-order valence-corrected chi connectivity index (χ2v) is 4.07. The Morgan fingerprint density at radius 1 is 1.33 bits per heavy atom. The van der Waals surface area contributed by atoms with Crippen molar-refractivity contribution in [2.45, 2.75) is 13.1 Å². The number of alkyl halides is 3. The van der Waals surface area contributed by atoms with Crippen LogP contribution in [0.5, 0.6) is 0 Å². The van der Waals surface area contributed by atoms with E-state index in [0.29, 0.717) is 10.9 Å². The van der Waals surface area contributed by atoms with E-state index in [0.717, 1.165) is 4.57 Å². The van der Waals surface area contributed by atoms with Crippen LogP contribution in [-0.4, -0.2) is 15.6 Å². The Hall–Kier alpha value is -1.98. The van der Waals surface area contributed by atoms with Crippen molar-refractivity contribution >= 4 is 16.9 Å². The molecule has 0 aliphatic heterocycles. The number of carboxylic acids is 1. The summed E-state index contributed by atoms with van der Waals surface area (Å²) >= 11 is 0. The van der Waals surface area contributed by atoms with Crippen molar-refractivity contribution in [3.63, 3.8) is 0 Å². The Morgan fingerprint density at radius 3 is 2.44 bits per heavy atom. The molecule has 0 radical (unpaired) electrons. The summed E-state index contributed by atoms with van der Waals surface area (Å²) in [5.74, 6) is -1.16. The van der Waals surface area contributed by atoms with Crippen LogP contribution >= 0.6 is 0 Å². The highest BCUT2D eigenvalue weighted by atomic mass is 19.4. The zero-order valence-electron chi connectivity index (χ0n) is 9.67. The van der Waals surface area contributed by atoms with Crippen LogP contribution in [0.3, 0.4) is 0 Å². The molecule has 1 heterocycles. The fourth-order valence-corrected chi connectivity index (χ4v) is 2.16. The molecule has 0 spiro atoms.